The first-order chi connectivity index (χ1) is 16.6. The van der Waals surface area contributed by atoms with Crippen molar-refractivity contribution in [3.63, 3.8) is 0 Å². The van der Waals surface area contributed by atoms with Gasteiger partial charge >= 0.3 is 5.97 Å². The number of piperazine rings is 1. The maximum Gasteiger partial charge on any atom is 0.324 e. The van der Waals surface area contributed by atoms with E-state index in [2.05, 4.69) is 32.3 Å². The molecular formula is C25H30FN3O3S2. The zero-order valence-electron chi connectivity index (χ0n) is 19.5. The van der Waals surface area contributed by atoms with Gasteiger partial charge in [0.2, 0.25) is 0 Å². The normalized spacial score (nSPS) is 17.2. The van der Waals surface area contributed by atoms with Crippen LogP contribution in [0.2, 0.25) is 0 Å². The molecule has 0 radical (unpaired) electrons. The van der Waals surface area contributed by atoms with E-state index in [9.17, 15) is 9.18 Å². The largest absolute Gasteiger partial charge is 0.497 e. The molecule has 1 aliphatic heterocycles. The summed E-state index contributed by atoms with van der Waals surface area (Å²) in [6.07, 6.45) is 2.58. The first kappa shape index (κ1) is 24.9. The first-order valence-corrected chi connectivity index (χ1v) is 13.3. The Balaban J connectivity index is 1.35. The summed E-state index contributed by atoms with van der Waals surface area (Å²) in [5, 5.41) is 2.86. The second-order valence-electron chi connectivity index (χ2n) is 8.23. The Morgan fingerprint density at radius 1 is 1.26 bits per heavy atom. The molecule has 3 heterocycles. The van der Waals surface area contributed by atoms with Gasteiger partial charge in [-0.15, -0.1) is 23.1 Å². The molecule has 1 aromatic carbocycles. The second kappa shape index (κ2) is 12.0. The van der Waals surface area contributed by atoms with Gasteiger partial charge in [-0.1, -0.05) is 6.07 Å². The van der Waals surface area contributed by atoms with Crippen LogP contribution >= 0.6 is 23.1 Å². The molecule has 1 aliphatic rings. The Labute approximate surface area is 208 Å². The van der Waals surface area contributed by atoms with Gasteiger partial charge in [0.25, 0.3) is 0 Å². The molecule has 182 valence electrons. The molecule has 6 nitrogen and oxygen atoms in total. The van der Waals surface area contributed by atoms with Crippen molar-refractivity contribution in [2.75, 3.05) is 52.7 Å². The number of methoxy groups -OCH3 is 2. The van der Waals surface area contributed by atoms with E-state index in [4.69, 9.17) is 9.47 Å². The zero-order valence-corrected chi connectivity index (χ0v) is 21.2. The minimum atomic E-state index is -0.307. The van der Waals surface area contributed by atoms with Crippen molar-refractivity contribution >= 4 is 40.0 Å². The van der Waals surface area contributed by atoms with Crippen LogP contribution < -0.4 is 4.74 Å². The molecule has 0 spiro atoms. The number of pyridine rings is 1. The van der Waals surface area contributed by atoms with Crippen molar-refractivity contribution in [1.29, 1.82) is 0 Å². The third-order valence-corrected chi connectivity index (χ3v) is 8.31. The molecule has 0 N–H and O–H groups in total. The van der Waals surface area contributed by atoms with Gasteiger partial charge in [0.15, 0.2) is 0 Å². The van der Waals surface area contributed by atoms with E-state index in [1.165, 1.54) is 17.5 Å². The van der Waals surface area contributed by atoms with Gasteiger partial charge in [0, 0.05) is 37.3 Å². The van der Waals surface area contributed by atoms with Crippen LogP contribution in [0.5, 0.6) is 5.75 Å². The van der Waals surface area contributed by atoms with Crippen LogP contribution in [-0.4, -0.2) is 79.5 Å². The number of thioether (sulfide) groups is 1. The second-order valence-corrected chi connectivity index (χ2v) is 10.6. The van der Waals surface area contributed by atoms with Crippen LogP contribution in [-0.2, 0) is 16.0 Å². The Bertz CT molecular complexity index is 1100. The van der Waals surface area contributed by atoms with E-state index in [1.807, 2.05) is 30.0 Å². The Hall–Kier alpha value is -2.20. The number of halogens is 1. The number of nitrogens with zero attached hydrogens (tertiary/aromatic N) is 3. The van der Waals surface area contributed by atoms with Crippen molar-refractivity contribution < 1.29 is 18.7 Å². The van der Waals surface area contributed by atoms with Gasteiger partial charge in [-0.05, 0) is 54.6 Å². The third-order valence-electron chi connectivity index (χ3n) is 6.20. The highest BCUT2D eigenvalue weighted by Gasteiger charge is 2.32. The molecule has 0 amide bonds. The highest BCUT2D eigenvalue weighted by atomic mass is 32.2. The first-order valence-electron chi connectivity index (χ1n) is 11.4. The monoisotopic (exact) mass is 503 g/mol. The number of rotatable bonds is 10. The Morgan fingerprint density at radius 3 is 2.91 bits per heavy atom. The summed E-state index contributed by atoms with van der Waals surface area (Å²) in [6, 6.07) is 9.41. The predicted octanol–water partition coefficient (Wildman–Crippen LogP) is 4.33. The van der Waals surface area contributed by atoms with E-state index in [1.54, 1.807) is 18.4 Å². The number of fused-ring (bicyclic) bond motifs is 1. The summed E-state index contributed by atoms with van der Waals surface area (Å²) >= 11 is 3.60. The van der Waals surface area contributed by atoms with Crippen molar-refractivity contribution in [3.8, 4) is 5.75 Å². The number of carbonyl (C=O) groups excluding carboxylic acids is 1. The summed E-state index contributed by atoms with van der Waals surface area (Å²) in [6.45, 7) is 3.98. The van der Waals surface area contributed by atoms with Gasteiger partial charge in [0.1, 0.15) is 17.6 Å². The number of esters is 1. The van der Waals surface area contributed by atoms with Crippen LogP contribution in [0, 0.1) is 5.82 Å². The molecule has 0 aliphatic carbocycles. The minimum absolute atomic E-state index is 0.208. The number of ether oxygens (including phenoxy) is 2. The quantitative estimate of drug-likeness (QED) is 0.302. The van der Waals surface area contributed by atoms with E-state index in [0.29, 0.717) is 30.8 Å². The SMILES string of the molecule is COC(=O)[C@H]1CN(CCSc2cccs2)CCN1CCCc1c(F)cnc2ccc(OC)cc12. The van der Waals surface area contributed by atoms with Gasteiger partial charge in [-0.25, -0.2) is 4.39 Å². The van der Waals surface area contributed by atoms with Crippen molar-refractivity contribution in [3.05, 3.63) is 53.3 Å². The molecule has 34 heavy (non-hydrogen) atoms. The topological polar surface area (TPSA) is 54.9 Å². The molecule has 9 heteroatoms. The van der Waals surface area contributed by atoms with Crippen LogP contribution in [0.1, 0.15) is 12.0 Å². The average molecular weight is 504 g/mol. The van der Waals surface area contributed by atoms with Gasteiger partial charge in [-0.2, -0.15) is 0 Å². The number of carbonyl (C=O) groups is 1. The average Bonchev–Trinajstić information content (AvgIpc) is 3.38. The fourth-order valence-corrected chi connectivity index (χ4v) is 6.23. The van der Waals surface area contributed by atoms with E-state index >= 15 is 0 Å². The van der Waals surface area contributed by atoms with Crippen molar-refractivity contribution in [1.82, 2.24) is 14.8 Å². The fourth-order valence-electron chi connectivity index (χ4n) is 4.37. The molecule has 3 aromatic rings. The number of benzene rings is 1. The van der Waals surface area contributed by atoms with Gasteiger partial charge in [-0.3, -0.25) is 19.6 Å². The fraction of sp³-hybridized carbons (Fsp3) is 0.440. The predicted molar refractivity (Wildman–Crippen MR) is 135 cm³/mol. The summed E-state index contributed by atoms with van der Waals surface area (Å²) in [4.78, 5) is 21.3. The Kier molecular flexibility index (Phi) is 8.77. The molecule has 0 bridgehead atoms. The zero-order chi connectivity index (χ0) is 23.9. The molecule has 0 saturated carbocycles. The highest BCUT2D eigenvalue weighted by molar-refractivity contribution is 8.01. The van der Waals surface area contributed by atoms with E-state index in [0.717, 1.165) is 42.7 Å². The number of aryl methyl sites for hydroxylation is 1. The lowest BCUT2D eigenvalue weighted by Crippen LogP contribution is -2.57. The lowest BCUT2D eigenvalue weighted by Gasteiger charge is -2.39. The maximum absolute atomic E-state index is 14.7. The maximum atomic E-state index is 14.7. The number of aromatic nitrogens is 1. The molecule has 4 rings (SSSR count). The van der Waals surface area contributed by atoms with E-state index < -0.39 is 0 Å². The molecule has 1 atom stereocenters. The Morgan fingerprint density at radius 2 is 2.15 bits per heavy atom. The molecule has 0 unspecified atom stereocenters. The molecule has 1 saturated heterocycles. The van der Waals surface area contributed by atoms with Gasteiger partial charge in [0.05, 0.1) is 30.1 Å². The summed E-state index contributed by atoms with van der Waals surface area (Å²) in [5.41, 5.74) is 1.39. The van der Waals surface area contributed by atoms with Crippen LogP contribution in [0.25, 0.3) is 10.9 Å². The number of thiophene rings is 1. The summed E-state index contributed by atoms with van der Waals surface area (Å²) in [7, 11) is 3.04. The lowest BCUT2D eigenvalue weighted by molar-refractivity contribution is -0.149. The number of hydrogen-bond acceptors (Lipinski definition) is 8. The van der Waals surface area contributed by atoms with Crippen LogP contribution in [0.4, 0.5) is 4.39 Å². The lowest BCUT2D eigenvalue weighted by atomic mass is 10.0. The third kappa shape index (κ3) is 6.07. The standard InChI is InChI=1S/C25H30FN3O3S2/c1-31-18-7-8-22-20(15-18)19(21(26)16-27-22)5-3-9-29-11-10-28(17-23(29)25(30)32-2)12-14-34-24-6-4-13-33-24/h4,6-8,13,15-16,23H,3,5,9-12,14,17H2,1-2H3/t23-/m1/s1. The van der Waals surface area contributed by atoms with Crippen molar-refractivity contribution in [2.24, 2.45) is 0 Å². The van der Waals surface area contributed by atoms with Crippen LogP contribution in [0.3, 0.4) is 0 Å². The van der Waals surface area contributed by atoms with Crippen LogP contribution in [0.15, 0.2) is 46.1 Å². The molecular weight excluding hydrogens is 473 g/mol. The van der Waals surface area contributed by atoms with Gasteiger partial charge < -0.3 is 9.47 Å². The minimum Gasteiger partial charge on any atom is -0.497 e. The smallest absolute Gasteiger partial charge is 0.324 e. The number of hydrogen-bond donors (Lipinski definition) is 0. The highest BCUT2D eigenvalue weighted by Crippen LogP contribution is 2.26. The summed E-state index contributed by atoms with van der Waals surface area (Å²) < 4.78 is 26.4. The summed E-state index contributed by atoms with van der Waals surface area (Å²) in [5.74, 6) is 1.16. The van der Waals surface area contributed by atoms with E-state index in [-0.39, 0.29) is 17.8 Å². The molecule has 2 aromatic heterocycles. The molecule has 1 fully saturated rings. The van der Waals surface area contributed by atoms with Crippen molar-refractivity contribution in [2.45, 2.75) is 23.1 Å².